The van der Waals surface area contributed by atoms with Crippen LogP contribution in [0.25, 0.3) is 11.1 Å². The molecule has 0 aliphatic heterocycles. The number of nitrogens with zero attached hydrogens (tertiary/aromatic N) is 1. The number of ether oxygens (including phenoxy) is 1. The number of carbonyl (C=O) groups excluding carboxylic acids is 1. The third kappa shape index (κ3) is 8.32. The standard InChI is InChI=1S/C30H32F3NO3.CH2O2/c1-2-3-4-7-19-37-27-12-6-5-9-25(27)21-34(29(36)17-18-29)28(35)23-15-13-22(14-16-23)24-10-8-11-26(20-24)30(31,32)33;2-1-3/h5-6,8-16,20,36H,2-4,7,17-19,21H2,1H3;1H,(H,2,3). The number of amides is 1. The lowest BCUT2D eigenvalue weighted by Crippen LogP contribution is -2.41. The van der Waals surface area contributed by atoms with Crippen molar-refractivity contribution in [1.29, 1.82) is 0 Å². The lowest BCUT2D eigenvalue weighted by atomic mass is 10.0. The fourth-order valence-corrected chi connectivity index (χ4v) is 4.28. The molecule has 3 aromatic carbocycles. The Labute approximate surface area is 232 Å². The highest BCUT2D eigenvalue weighted by Crippen LogP contribution is 2.41. The average Bonchev–Trinajstić information content (AvgIpc) is 3.70. The molecule has 1 fully saturated rings. The van der Waals surface area contributed by atoms with Gasteiger partial charge < -0.3 is 19.8 Å². The number of alkyl halides is 3. The van der Waals surface area contributed by atoms with Gasteiger partial charge in [0, 0.05) is 11.1 Å². The smallest absolute Gasteiger partial charge is 0.416 e. The molecule has 6 nitrogen and oxygen atoms in total. The highest BCUT2D eigenvalue weighted by atomic mass is 19.4. The zero-order chi connectivity index (χ0) is 29.2. The monoisotopic (exact) mass is 557 g/mol. The van der Waals surface area contributed by atoms with Crippen molar-refractivity contribution in [3.63, 3.8) is 0 Å². The van der Waals surface area contributed by atoms with E-state index in [4.69, 9.17) is 14.6 Å². The lowest BCUT2D eigenvalue weighted by Gasteiger charge is -2.29. The predicted octanol–water partition coefficient (Wildman–Crippen LogP) is 7.16. The number of aliphatic hydroxyl groups is 1. The largest absolute Gasteiger partial charge is 0.493 e. The van der Waals surface area contributed by atoms with Crippen molar-refractivity contribution in [2.75, 3.05) is 6.61 Å². The maximum absolute atomic E-state index is 13.5. The van der Waals surface area contributed by atoms with Crippen molar-refractivity contribution in [2.24, 2.45) is 0 Å². The quantitative estimate of drug-likeness (QED) is 0.148. The Morgan fingerprint density at radius 3 is 2.27 bits per heavy atom. The van der Waals surface area contributed by atoms with E-state index in [1.807, 2.05) is 24.3 Å². The summed E-state index contributed by atoms with van der Waals surface area (Å²) in [4.78, 5) is 23.3. The van der Waals surface area contributed by atoms with Crippen LogP contribution < -0.4 is 4.74 Å². The zero-order valence-corrected chi connectivity index (χ0v) is 22.4. The molecule has 0 bridgehead atoms. The summed E-state index contributed by atoms with van der Waals surface area (Å²) < 4.78 is 45.3. The van der Waals surface area contributed by atoms with Gasteiger partial charge in [-0.05, 0) is 60.7 Å². The van der Waals surface area contributed by atoms with E-state index in [2.05, 4.69) is 6.92 Å². The third-order valence-corrected chi connectivity index (χ3v) is 6.66. The SMILES string of the molecule is CCCCCCOc1ccccc1CN(C(=O)c1ccc(-c2cccc(C(F)(F)F)c2)cc1)C1(O)CC1.O=CO. The fraction of sp³-hybridized carbons (Fsp3) is 0.355. The minimum atomic E-state index is -4.43. The number of benzene rings is 3. The van der Waals surface area contributed by atoms with Gasteiger partial charge in [-0.15, -0.1) is 0 Å². The summed E-state index contributed by atoms with van der Waals surface area (Å²) in [5.74, 6) is 0.356. The first-order valence-corrected chi connectivity index (χ1v) is 13.2. The molecule has 1 aliphatic carbocycles. The topological polar surface area (TPSA) is 87.1 Å². The van der Waals surface area contributed by atoms with Crippen LogP contribution in [0.4, 0.5) is 13.2 Å². The van der Waals surface area contributed by atoms with Crippen LogP contribution in [-0.2, 0) is 17.5 Å². The van der Waals surface area contributed by atoms with Crippen LogP contribution >= 0.6 is 0 Å². The molecule has 1 aliphatic rings. The van der Waals surface area contributed by atoms with Gasteiger partial charge in [-0.3, -0.25) is 9.59 Å². The third-order valence-electron chi connectivity index (χ3n) is 6.66. The summed E-state index contributed by atoms with van der Waals surface area (Å²) in [7, 11) is 0. The van der Waals surface area contributed by atoms with Crippen molar-refractivity contribution in [3.8, 4) is 16.9 Å². The van der Waals surface area contributed by atoms with E-state index < -0.39 is 17.5 Å². The predicted molar refractivity (Wildman–Crippen MR) is 146 cm³/mol. The fourth-order valence-electron chi connectivity index (χ4n) is 4.28. The van der Waals surface area contributed by atoms with Crippen LogP contribution in [0.2, 0.25) is 0 Å². The Morgan fingerprint density at radius 1 is 0.975 bits per heavy atom. The van der Waals surface area contributed by atoms with Crippen molar-refractivity contribution in [1.82, 2.24) is 4.90 Å². The Bertz CT molecular complexity index is 1260. The summed E-state index contributed by atoms with van der Waals surface area (Å²) in [6.07, 6.45) is 0.899. The van der Waals surface area contributed by atoms with Gasteiger partial charge in [0.25, 0.3) is 12.4 Å². The van der Waals surface area contributed by atoms with E-state index in [0.717, 1.165) is 43.4 Å². The summed E-state index contributed by atoms with van der Waals surface area (Å²) in [5.41, 5.74) is 0.211. The Hall–Kier alpha value is -3.85. The molecule has 0 radical (unpaired) electrons. The normalized spacial score (nSPS) is 13.5. The van der Waals surface area contributed by atoms with Gasteiger partial charge in [-0.25, -0.2) is 0 Å². The van der Waals surface area contributed by atoms with Crippen LogP contribution in [0.3, 0.4) is 0 Å². The molecule has 2 N–H and O–H groups in total. The average molecular weight is 558 g/mol. The summed E-state index contributed by atoms with van der Waals surface area (Å²) in [6, 6.07) is 19.1. The number of rotatable bonds is 11. The van der Waals surface area contributed by atoms with Crippen molar-refractivity contribution in [2.45, 2.75) is 63.9 Å². The number of hydrogen-bond acceptors (Lipinski definition) is 4. The molecule has 0 saturated heterocycles. The first-order chi connectivity index (χ1) is 19.1. The van der Waals surface area contributed by atoms with Crippen LogP contribution in [0, 0.1) is 0 Å². The van der Waals surface area contributed by atoms with Crippen LogP contribution in [-0.4, -0.2) is 39.8 Å². The van der Waals surface area contributed by atoms with Crippen molar-refractivity contribution >= 4 is 12.4 Å². The maximum Gasteiger partial charge on any atom is 0.416 e. The minimum absolute atomic E-state index is 0.190. The van der Waals surface area contributed by atoms with Gasteiger partial charge in [0.2, 0.25) is 0 Å². The number of para-hydroxylation sites is 1. The second kappa shape index (κ2) is 14.0. The maximum atomic E-state index is 13.5. The van der Waals surface area contributed by atoms with Crippen LogP contribution in [0.5, 0.6) is 5.75 Å². The molecule has 0 aromatic heterocycles. The molecule has 4 rings (SSSR count). The first kappa shape index (κ1) is 30.7. The van der Waals surface area contributed by atoms with E-state index in [1.165, 1.54) is 11.0 Å². The van der Waals surface area contributed by atoms with E-state index >= 15 is 0 Å². The van der Waals surface area contributed by atoms with Crippen LogP contribution in [0.15, 0.2) is 72.8 Å². The van der Waals surface area contributed by atoms with Crippen LogP contribution in [0.1, 0.15) is 66.9 Å². The summed E-state index contributed by atoms with van der Waals surface area (Å²) in [6.45, 7) is 2.69. The highest BCUT2D eigenvalue weighted by molar-refractivity contribution is 5.95. The van der Waals surface area contributed by atoms with Crippen molar-refractivity contribution < 1.29 is 37.7 Å². The van der Waals surface area contributed by atoms with E-state index in [1.54, 1.807) is 30.3 Å². The van der Waals surface area contributed by atoms with Gasteiger partial charge in [-0.1, -0.05) is 68.7 Å². The molecule has 0 heterocycles. The molecule has 1 saturated carbocycles. The summed E-state index contributed by atoms with van der Waals surface area (Å²) in [5, 5.41) is 17.8. The molecule has 9 heteroatoms. The Balaban J connectivity index is 0.00000141. The Morgan fingerprint density at radius 2 is 1.65 bits per heavy atom. The Kier molecular flexibility index (Phi) is 10.7. The molecule has 214 valence electrons. The number of hydrogen-bond donors (Lipinski definition) is 2. The highest BCUT2D eigenvalue weighted by Gasteiger charge is 2.49. The van der Waals surface area contributed by atoms with Gasteiger partial charge in [0.05, 0.1) is 18.7 Å². The number of carbonyl (C=O) groups is 2. The van der Waals surface area contributed by atoms with E-state index in [0.29, 0.717) is 41.9 Å². The van der Waals surface area contributed by atoms with Gasteiger partial charge in [0.1, 0.15) is 11.5 Å². The number of carboxylic acid groups (broad SMARTS) is 1. The van der Waals surface area contributed by atoms with Crippen molar-refractivity contribution in [3.05, 3.63) is 89.5 Å². The van der Waals surface area contributed by atoms with Gasteiger partial charge >= 0.3 is 6.18 Å². The second-order valence-corrected chi connectivity index (χ2v) is 9.65. The number of halogens is 3. The molecule has 0 atom stereocenters. The molecular formula is C31H34F3NO5. The van der Waals surface area contributed by atoms with E-state index in [-0.39, 0.29) is 18.9 Å². The van der Waals surface area contributed by atoms with Gasteiger partial charge in [0.15, 0.2) is 0 Å². The minimum Gasteiger partial charge on any atom is -0.493 e. The summed E-state index contributed by atoms with van der Waals surface area (Å²) >= 11 is 0. The van der Waals surface area contributed by atoms with E-state index in [9.17, 15) is 23.1 Å². The molecule has 0 unspecified atom stereocenters. The zero-order valence-electron chi connectivity index (χ0n) is 22.4. The first-order valence-electron chi connectivity index (χ1n) is 13.2. The van der Waals surface area contributed by atoms with Gasteiger partial charge in [-0.2, -0.15) is 13.2 Å². The molecule has 40 heavy (non-hydrogen) atoms. The molecule has 1 amide bonds. The number of unbranched alkanes of at least 4 members (excludes halogenated alkanes) is 3. The molecular weight excluding hydrogens is 523 g/mol. The molecule has 3 aromatic rings. The lowest BCUT2D eigenvalue weighted by molar-refractivity contribution is -0.137. The second-order valence-electron chi connectivity index (χ2n) is 9.65. The molecule has 0 spiro atoms.